The number of ether oxygens (including phenoxy) is 2. The van der Waals surface area contributed by atoms with E-state index in [0.29, 0.717) is 0 Å². The Hall–Kier alpha value is -2.75. The Morgan fingerprint density at radius 1 is 0.903 bits per heavy atom. The van der Waals surface area contributed by atoms with Crippen molar-refractivity contribution in [3.8, 4) is 0 Å². The summed E-state index contributed by atoms with van der Waals surface area (Å²) in [7, 11) is -5.94. The molecular formula is C12H12O18S. The van der Waals surface area contributed by atoms with Crippen LogP contribution in [0, 0.1) is 0 Å². The van der Waals surface area contributed by atoms with E-state index >= 15 is 0 Å². The Bertz CT molecular complexity index is 991. The van der Waals surface area contributed by atoms with Crippen molar-refractivity contribution in [3.63, 3.8) is 0 Å². The number of cyclic esters (lactones) is 2. The molecule has 19 heteroatoms. The topological polar surface area (TPSA) is 292 Å². The molecule has 1 saturated heterocycles. The lowest BCUT2D eigenvalue weighted by Crippen LogP contribution is -2.60. The highest BCUT2D eigenvalue weighted by Gasteiger charge is 2.76. The van der Waals surface area contributed by atoms with Crippen LogP contribution in [0.3, 0.4) is 0 Å². The van der Waals surface area contributed by atoms with Crippen molar-refractivity contribution in [1.82, 2.24) is 0 Å². The van der Waals surface area contributed by atoms with Gasteiger partial charge < -0.3 is 50.3 Å². The molecule has 0 amide bonds. The van der Waals surface area contributed by atoms with Gasteiger partial charge in [0.25, 0.3) is 5.79 Å². The monoisotopic (exact) mass is 476 g/mol. The maximum Gasteiger partial charge on any atom is 0.406 e. The van der Waals surface area contributed by atoms with Gasteiger partial charge in [0.2, 0.25) is 23.7 Å². The molecule has 0 radical (unpaired) electrons. The van der Waals surface area contributed by atoms with Gasteiger partial charge in [-0.2, -0.15) is 22.4 Å². The Kier molecular flexibility index (Phi) is 5.09. The number of hydrogen-bond donors (Lipinski definition) is 8. The molecule has 1 fully saturated rings. The molecule has 0 aliphatic carbocycles. The second-order valence-corrected chi connectivity index (χ2v) is 7.21. The molecule has 174 valence electrons. The van der Waals surface area contributed by atoms with Gasteiger partial charge in [0.05, 0.1) is 0 Å². The molecule has 0 saturated carbocycles. The average Bonchev–Trinajstić information content (AvgIpc) is 3.32. The van der Waals surface area contributed by atoms with Gasteiger partial charge in [-0.25, -0.2) is 13.8 Å². The van der Waals surface area contributed by atoms with E-state index in [1.807, 2.05) is 0 Å². The zero-order chi connectivity index (χ0) is 23.6. The molecule has 31 heavy (non-hydrogen) atoms. The molecule has 3 heterocycles. The lowest BCUT2D eigenvalue weighted by atomic mass is 10.1. The first-order chi connectivity index (χ1) is 14.1. The van der Waals surface area contributed by atoms with Crippen LogP contribution in [0.25, 0.3) is 0 Å². The van der Waals surface area contributed by atoms with E-state index in [9.17, 15) is 58.9 Å². The highest BCUT2D eigenvalue weighted by Crippen LogP contribution is 2.46. The van der Waals surface area contributed by atoms with E-state index in [0.717, 1.165) is 0 Å². The van der Waals surface area contributed by atoms with Crippen LogP contribution in [0.4, 0.5) is 0 Å². The second-order valence-electron chi connectivity index (χ2n) is 6.06. The first-order valence-corrected chi connectivity index (χ1v) is 8.91. The van der Waals surface area contributed by atoms with Crippen LogP contribution in [0.2, 0.25) is 0 Å². The fourth-order valence-corrected chi connectivity index (χ4v) is 3.42. The van der Waals surface area contributed by atoms with Gasteiger partial charge in [-0.05, 0) is 0 Å². The fraction of sp³-hybridized carbons (Fsp3) is 0.500. The van der Waals surface area contributed by atoms with Gasteiger partial charge in [-0.1, -0.05) is 0 Å². The van der Waals surface area contributed by atoms with Crippen molar-refractivity contribution in [2.75, 3.05) is 6.61 Å². The number of aliphatic hydroxyl groups is 8. The number of carbonyl (C=O) groups excluding carboxylic acids is 2. The van der Waals surface area contributed by atoms with Crippen LogP contribution in [-0.4, -0.2) is 97.6 Å². The highest BCUT2D eigenvalue weighted by molar-refractivity contribution is 7.81. The van der Waals surface area contributed by atoms with Gasteiger partial charge in [0, 0.05) is 0 Å². The molecule has 0 spiro atoms. The smallest absolute Gasteiger partial charge is 0.406 e. The molecule has 3 rings (SSSR count). The standard InChI is InChI=1S/C12H12O18S/c13-1-10(20,6-2(14)4(16)8(18)25-6)29-31(23,24)30-11(21,12(22)27-28-12)7-3(15)5(17)9(19)26-7/h6-7,13-17,20-22H,1H2/t6-,7-,10+,11-/m0/s1. The van der Waals surface area contributed by atoms with Crippen LogP contribution in [-0.2, 0) is 47.6 Å². The van der Waals surface area contributed by atoms with Crippen LogP contribution >= 0.6 is 0 Å². The summed E-state index contributed by atoms with van der Waals surface area (Å²) in [6, 6.07) is 0. The Morgan fingerprint density at radius 2 is 1.35 bits per heavy atom. The molecule has 0 aromatic heterocycles. The van der Waals surface area contributed by atoms with Crippen molar-refractivity contribution in [3.05, 3.63) is 23.0 Å². The molecule has 0 aromatic carbocycles. The zero-order valence-electron chi connectivity index (χ0n) is 14.4. The summed E-state index contributed by atoms with van der Waals surface area (Å²) in [5.41, 5.74) is 0. The zero-order valence-corrected chi connectivity index (χ0v) is 15.2. The summed E-state index contributed by atoms with van der Waals surface area (Å²) in [5.74, 6) is -20.4. The van der Waals surface area contributed by atoms with Gasteiger partial charge in [-0.15, -0.1) is 0 Å². The van der Waals surface area contributed by atoms with Crippen molar-refractivity contribution in [2.45, 2.75) is 29.8 Å². The third kappa shape index (κ3) is 3.52. The van der Waals surface area contributed by atoms with Crippen LogP contribution in [0.15, 0.2) is 23.0 Å². The number of esters is 2. The Morgan fingerprint density at radius 3 is 1.71 bits per heavy atom. The normalized spacial score (nSPS) is 29.4. The largest absolute Gasteiger partial charge is 0.505 e. The van der Waals surface area contributed by atoms with Crippen LogP contribution < -0.4 is 0 Å². The molecule has 3 aliphatic heterocycles. The van der Waals surface area contributed by atoms with Gasteiger partial charge in [-0.3, -0.25) is 0 Å². The third-order valence-corrected chi connectivity index (χ3v) is 4.93. The van der Waals surface area contributed by atoms with Crippen molar-refractivity contribution in [1.29, 1.82) is 0 Å². The van der Waals surface area contributed by atoms with E-state index in [1.165, 1.54) is 0 Å². The molecule has 0 bridgehead atoms. The van der Waals surface area contributed by atoms with Gasteiger partial charge in [0.1, 0.15) is 6.61 Å². The van der Waals surface area contributed by atoms with Crippen molar-refractivity contribution >= 4 is 22.3 Å². The molecule has 3 aliphatic rings. The molecule has 8 N–H and O–H groups in total. The van der Waals surface area contributed by atoms with E-state index < -0.39 is 81.7 Å². The summed E-state index contributed by atoms with van der Waals surface area (Å²) in [5, 5.41) is 77.5. The molecule has 4 atom stereocenters. The second kappa shape index (κ2) is 6.88. The maximum atomic E-state index is 12.2. The van der Waals surface area contributed by atoms with Gasteiger partial charge >= 0.3 is 34.1 Å². The fourth-order valence-electron chi connectivity index (χ4n) is 2.39. The molecule has 0 unspecified atom stereocenters. The average molecular weight is 476 g/mol. The number of carbonyl (C=O) groups is 2. The number of rotatable bonds is 8. The minimum atomic E-state index is -5.94. The lowest BCUT2D eigenvalue weighted by molar-refractivity contribution is -0.307. The van der Waals surface area contributed by atoms with Crippen molar-refractivity contribution < 1.29 is 86.5 Å². The SMILES string of the molecule is O=C1O[C@H]([C@@](O)(CO)OS(=O)(=O)O[C@@](O)([C@H]2OC(=O)C(O)=C2O)C2(O)OO2)C(O)=C1O. The third-order valence-electron chi connectivity index (χ3n) is 3.98. The predicted octanol–water partition coefficient (Wildman–Crippen LogP) is -4.25. The first kappa shape index (κ1) is 22.9. The minimum Gasteiger partial charge on any atom is -0.505 e. The molecule has 18 nitrogen and oxygen atoms in total. The molecule has 0 aromatic rings. The summed E-state index contributed by atoms with van der Waals surface area (Å²) < 4.78 is 41.2. The number of hydrogen-bond acceptors (Lipinski definition) is 18. The lowest BCUT2D eigenvalue weighted by Gasteiger charge is -2.33. The predicted molar refractivity (Wildman–Crippen MR) is 79.5 cm³/mol. The van der Waals surface area contributed by atoms with Crippen LogP contribution in [0.1, 0.15) is 0 Å². The maximum absolute atomic E-state index is 12.2. The Labute approximate surface area is 169 Å². The molecular weight excluding hydrogens is 464 g/mol. The van der Waals surface area contributed by atoms with Gasteiger partial charge in [0.15, 0.2) is 11.5 Å². The Balaban J connectivity index is 1.92. The first-order valence-electron chi connectivity index (χ1n) is 7.58. The highest BCUT2D eigenvalue weighted by atomic mass is 32.3. The summed E-state index contributed by atoms with van der Waals surface area (Å²) in [6.07, 6.45) is -5.25. The summed E-state index contributed by atoms with van der Waals surface area (Å²) in [4.78, 5) is 30.4. The van der Waals surface area contributed by atoms with E-state index in [1.54, 1.807) is 0 Å². The van der Waals surface area contributed by atoms with E-state index in [4.69, 9.17) is 0 Å². The van der Waals surface area contributed by atoms with Crippen molar-refractivity contribution in [2.24, 2.45) is 0 Å². The summed E-state index contributed by atoms with van der Waals surface area (Å²) in [6.45, 7) is -1.76. The quantitative estimate of drug-likeness (QED) is 0.0711. The number of aliphatic hydroxyl groups excluding tert-OH is 5. The van der Waals surface area contributed by atoms with E-state index in [2.05, 4.69) is 27.6 Å². The van der Waals surface area contributed by atoms with Crippen LogP contribution in [0.5, 0.6) is 0 Å². The van der Waals surface area contributed by atoms with E-state index in [-0.39, 0.29) is 0 Å². The minimum absolute atomic E-state index is 1.46. The summed E-state index contributed by atoms with van der Waals surface area (Å²) >= 11 is 0.